The molecule has 1 amide bonds. The van der Waals surface area contributed by atoms with Gasteiger partial charge in [-0.05, 0) is 56.2 Å². The fourth-order valence-electron chi connectivity index (χ4n) is 4.04. The Morgan fingerprint density at radius 2 is 2.00 bits per heavy atom. The fraction of sp³-hybridized carbons (Fsp3) is 0.632. The van der Waals surface area contributed by atoms with E-state index < -0.39 is 0 Å². The molecule has 0 radical (unpaired) electrons. The van der Waals surface area contributed by atoms with E-state index >= 15 is 0 Å². The lowest BCUT2D eigenvalue weighted by Crippen LogP contribution is -2.41. The highest BCUT2D eigenvalue weighted by atomic mass is 16.2. The van der Waals surface area contributed by atoms with Crippen LogP contribution >= 0.6 is 0 Å². The molecule has 1 aliphatic carbocycles. The van der Waals surface area contributed by atoms with Gasteiger partial charge in [0.2, 0.25) is 5.91 Å². The van der Waals surface area contributed by atoms with Crippen LogP contribution in [-0.4, -0.2) is 37.0 Å². The Bertz CT molecular complexity index is 507. The molecular formula is C19H28N2O. The summed E-state index contributed by atoms with van der Waals surface area (Å²) in [5.41, 5.74) is 1.66. The number of amides is 1. The average molecular weight is 300 g/mol. The minimum atomic E-state index is 0.282. The van der Waals surface area contributed by atoms with Crippen molar-refractivity contribution in [2.45, 2.75) is 45.1 Å². The summed E-state index contributed by atoms with van der Waals surface area (Å²) < 4.78 is 0. The molecule has 3 rings (SSSR count). The van der Waals surface area contributed by atoms with Crippen LogP contribution in [0.2, 0.25) is 0 Å². The van der Waals surface area contributed by atoms with E-state index in [1.165, 1.54) is 18.4 Å². The third-order valence-corrected chi connectivity index (χ3v) is 5.77. The molecule has 1 saturated heterocycles. The molecule has 2 unspecified atom stereocenters. The molecular weight excluding hydrogens is 272 g/mol. The molecule has 1 spiro atoms. The van der Waals surface area contributed by atoms with Crippen LogP contribution < -0.4 is 5.32 Å². The van der Waals surface area contributed by atoms with Crippen molar-refractivity contribution in [3.8, 4) is 0 Å². The predicted octanol–water partition coefficient (Wildman–Crippen LogP) is 2.86. The van der Waals surface area contributed by atoms with Gasteiger partial charge < -0.3 is 10.2 Å². The smallest absolute Gasteiger partial charge is 0.226 e. The maximum atomic E-state index is 12.9. The van der Waals surface area contributed by atoms with Crippen molar-refractivity contribution >= 4 is 5.91 Å². The highest BCUT2D eigenvalue weighted by Gasteiger charge is 2.58. The first kappa shape index (κ1) is 15.5. The predicted molar refractivity (Wildman–Crippen MR) is 89.6 cm³/mol. The number of nitrogens with one attached hydrogen (secondary N) is 1. The van der Waals surface area contributed by atoms with Gasteiger partial charge >= 0.3 is 0 Å². The van der Waals surface area contributed by atoms with Crippen molar-refractivity contribution < 1.29 is 4.79 Å². The molecule has 0 bridgehead atoms. The number of carbonyl (C=O) groups is 1. The maximum absolute atomic E-state index is 12.9. The lowest BCUT2D eigenvalue weighted by atomic mass is 9.91. The Labute approximate surface area is 134 Å². The number of likely N-dealkylation sites (N-methyl/N-ethyl adjacent to an activating group) is 1. The SMILES string of the molecule is CCC(Cc1ccccc1)N(C)C(=O)C1CC12CCNCC2. The fourth-order valence-corrected chi connectivity index (χ4v) is 4.04. The summed E-state index contributed by atoms with van der Waals surface area (Å²) in [4.78, 5) is 14.9. The van der Waals surface area contributed by atoms with E-state index in [-0.39, 0.29) is 5.92 Å². The number of hydrogen-bond acceptors (Lipinski definition) is 2. The quantitative estimate of drug-likeness (QED) is 0.907. The van der Waals surface area contributed by atoms with E-state index in [1.807, 2.05) is 18.0 Å². The first-order valence-electron chi connectivity index (χ1n) is 8.67. The summed E-state index contributed by atoms with van der Waals surface area (Å²) in [6, 6.07) is 10.8. The Balaban J connectivity index is 1.62. The Kier molecular flexibility index (Phi) is 4.53. The molecule has 0 aromatic heterocycles. The summed E-state index contributed by atoms with van der Waals surface area (Å²) in [5, 5.41) is 3.41. The van der Waals surface area contributed by atoms with Gasteiger partial charge in [0.15, 0.2) is 0 Å². The topological polar surface area (TPSA) is 32.3 Å². The van der Waals surface area contributed by atoms with Crippen LogP contribution in [0.25, 0.3) is 0 Å². The summed E-state index contributed by atoms with van der Waals surface area (Å²) in [6.45, 7) is 4.34. The van der Waals surface area contributed by atoms with Gasteiger partial charge in [-0.3, -0.25) is 4.79 Å². The molecule has 1 aromatic rings. The van der Waals surface area contributed by atoms with E-state index in [4.69, 9.17) is 0 Å². The van der Waals surface area contributed by atoms with Gasteiger partial charge in [0.05, 0.1) is 0 Å². The zero-order valence-corrected chi connectivity index (χ0v) is 13.8. The third-order valence-electron chi connectivity index (χ3n) is 5.77. The lowest BCUT2D eigenvalue weighted by Gasteiger charge is -2.30. The zero-order chi connectivity index (χ0) is 15.6. The van der Waals surface area contributed by atoms with E-state index in [0.29, 0.717) is 17.4 Å². The van der Waals surface area contributed by atoms with Crippen LogP contribution in [0.1, 0.15) is 38.2 Å². The van der Waals surface area contributed by atoms with Gasteiger partial charge in [-0.2, -0.15) is 0 Å². The van der Waals surface area contributed by atoms with Crippen molar-refractivity contribution in [2.75, 3.05) is 20.1 Å². The van der Waals surface area contributed by atoms with Crippen LogP contribution in [-0.2, 0) is 11.2 Å². The van der Waals surface area contributed by atoms with Gasteiger partial charge in [0, 0.05) is 19.0 Å². The van der Waals surface area contributed by atoms with Crippen LogP contribution in [0.5, 0.6) is 0 Å². The van der Waals surface area contributed by atoms with Crippen molar-refractivity contribution in [1.29, 1.82) is 0 Å². The number of rotatable bonds is 5. The summed E-state index contributed by atoms with van der Waals surface area (Å²) in [5.74, 6) is 0.661. The van der Waals surface area contributed by atoms with Crippen LogP contribution in [0, 0.1) is 11.3 Å². The Morgan fingerprint density at radius 1 is 1.32 bits per heavy atom. The first-order valence-corrected chi connectivity index (χ1v) is 8.67. The molecule has 22 heavy (non-hydrogen) atoms. The summed E-state index contributed by atoms with van der Waals surface area (Å²) in [6.07, 6.45) is 5.43. The highest BCUT2D eigenvalue weighted by molar-refractivity contribution is 5.82. The molecule has 120 valence electrons. The van der Waals surface area contributed by atoms with Gasteiger partial charge in [0.25, 0.3) is 0 Å². The van der Waals surface area contributed by atoms with Crippen LogP contribution in [0.4, 0.5) is 0 Å². The van der Waals surface area contributed by atoms with Gasteiger partial charge in [-0.25, -0.2) is 0 Å². The summed E-state index contributed by atoms with van der Waals surface area (Å²) >= 11 is 0. The molecule has 3 nitrogen and oxygen atoms in total. The molecule has 2 aliphatic rings. The van der Waals surface area contributed by atoms with Crippen LogP contribution in [0.3, 0.4) is 0 Å². The first-order chi connectivity index (χ1) is 10.7. The van der Waals surface area contributed by atoms with Gasteiger partial charge in [0.1, 0.15) is 0 Å². The molecule has 1 saturated carbocycles. The zero-order valence-electron chi connectivity index (χ0n) is 13.8. The molecule has 1 N–H and O–H groups in total. The second kappa shape index (κ2) is 6.41. The Hall–Kier alpha value is -1.35. The normalized spacial score (nSPS) is 24.0. The number of hydrogen-bond donors (Lipinski definition) is 1. The molecule has 1 heterocycles. The number of benzene rings is 1. The minimum absolute atomic E-state index is 0.282. The van der Waals surface area contributed by atoms with Crippen molar-refractivity contribution in [1.82, 2.24) is 10.2 Å². The van der Waals surface area contributed by atoms with E-state index in [0.717, 1.165) is 32.4 Å². The average Bonchev–Trinajstić information content (AvgIpc) is 3.25. The molecule has 1 aliphatic heterocycles. The Morgan fingerprint density at radius 3 is 2.64 bits per heavy atom. The van der Waals surface area contributed by atoms with Crippen molar-refractivity contribution in [3.63, 3.8) is 0 Å². The standard InChI is InChI=1S/C19H28N2O/c1-3-16(13-15-7-5-4-6-8-15)21(2)18(22)17-14-19(17)9-11-20-12-10-19/h4-8,16-17,20H,3,9-14H2,1-2H3. The molecule has 3 heteroatoms. The summed E-state index contributed by atoms with van der Waals surface area (Å²) in [7, 11) is 2.01. The second-order valence-corrected chi connectivity index (χ2v) is 7.07. The van der Waals surface area contributed by atoms with Crippen molar-refractivity contribution in [3.05, 3.63) is 35.9 Å². The number of nitrogens with zero attached hydrogens (tertiary/aromatic N) is 1. The van der Waals surface area contributed by atoms with E-state index in [1.54, 1.807) is 0 Å². The monoisotopic (exact) mass is 300 g/mol. The third kappa shape index (κ3) is 3.05. The van der Waals surface area contributed by atoms with Crippen molar-refractivity contribution in [2.24, 2.45) is 11.3 Å². The number of piperidine rings is 1. The largest absolute Gasteiger partial charge is 0.342 e. The van der Waals surface area contributed by atoms with Gasteiger partial charge in [-0.15, -0.1) is 0 Å². The molecule has 2 atom stereocenters. The lowest BCUT2D eigenvalue weighted by molar-refractivity contribution is -0.134. The second-order valence-electron chi connectivity index (χ2n) is 7.07. The highest BCUT2D eigenvalue weighted by Crippen LogP contribution is 2.59. The maximum Gasteiger partial charge on any atom is 0.226 e. The molecule has 1 aromatic carbocycles. The minimum Gasteiger partial charge on any atom is -0.342 e. The van der Waals surface area contributed by atoms with E-state index in [9.17, 15) is 4.79 Å². The molecule has 2 fully saturated rings. The van der Waals surface area contributed by atoms with E-state index in [2.05, 4.69) is 36.5 Å². The number of carbonyl (C=O) groups excluding carboxylic acids is 1. The van der Waals surface area contributed by atoms with Crippen LogP contribution in [0.15, 0.2) is 30.3 Å². The van der Waals surface area contributed by atoms with Gasteiger partial charge in [-0.1, -0.05) is 37.3 Å².